The van der Waals surface area contributed by atoms with Crippen molar-refractivity contribution in [3.63, 3.8) is 0 Å². The van der Waals surface area contributed by atoms with E-state index in [0.717, 1.165) is 49.6 Å². The topological polar surface area (TPSA) is 123 Å². The zero-order valence-electron chi connectivity index (χ0n) is 18.2. The van der Waals surface area contributed by atoms with Crippen molar-refractivity contribution in [3.8, 4) is 0 Å². The summed E-state index contributed by atoms with van der Waals surface area (Å²) in [6, 6.07) is 10.6. The highest BCUT2D eigenvalue weighted by Gasteiger charge is 2.21. The molecule has 0 saturated carbocycles. The molecule has 0 aliphatic carbocycles. The Hall–Kier alpha value is -3.93. The van der Waals surface area contributed by atoms with E-state index in [1.165, 1.54) is 16.6 Å². The SMILES string of the molecule is O=C(Cn1cnnn1)NCCn1ncc2c(N3CCN(Cc4ccccc4)CC3)ncnc21. The number of nitrogens with one attached hydrogen (secondary N) is 1. The molecule has 0 spiro atoms. The van der Waals surface area contributed by atoms with E-state index in [1.807, 2.05) is 12.3 Å². The smallest absolute Gasteiger partial charge is 0.241 e. The highest BCUT2D eigenvalue weighted by atomic mass is 16.2. The van der Waals surface area contributed by atoms with Crippen LogP contribution in [0.5, 0.6) is 0 Å². The monoisotopic (exact) mass is 447 g/mol. The van der Waals surface area contributed by atoms with Gasteiger partial charge in [-0.25, -0.2) is 19.3 Å². The number of tetrazole rings is 1. The molecule has 0 radical (unpaired) electrons. The van der Waals surface area contributed by atoms with Crippen molar-refractivity contribution in [3.05, 3.63) is 54.7 Å². The van der Waals surface area contributed by atoms with Crippen LogP contribution in [-0.2, 0) is 24.4 Å². The van der Waals surface area contributed by atoms with E-state index in [0.29, 0.717) is 13.1 Å². The third kappa shape index (κ3) is 4.95. The zero-order valence-corrected chi connectivity index (χ0v) is 18.2. The molecule has 1 N–H and O–H groups in total. The summed E-state index contributed by atoms with van der Waals surface area (Å²) in [6.45, 7) is 5.72. The second-order valence-corrected chi connectivity index (χ2v) is 7.91. The Morgan fingerprint density at radius 1 is 1.06 bits per heavy atom. The third-order valence-electron chi connectivity index (χ3n) is 5.68. The Labute approximate surface area is 190 Å². The Kier molecular flexibility index (Phi) is 6.15. The molecule has 1 fully saturated rings. The molecule has 1 aliphatic rings. The number of carbonyl (C=O) groups excluding carboxylic acids is 1. The largest absolute Gasteiger partial charge is 0.353 e. The normalized spacial score (nSPS) is 14.6. The van der Waals surface area contributed by atoms with Crippen molar-refractivity contribution in [2.45, 2.75) is 19.6 Å². The van der Waals surface area contributed by atoms with Crippen LogP contribution in [0.15, 0.2) is 49.2 Å². The van der Waals surface area contributed by atoms with E-state index in [2.05, 4.69) is 70.0 Å². The van der Waals surface area contributed by atoms with Crippen LogP contribution in [0.2, 0.25) is 0 Å². The van der Waals surface area contributed by atoms with Crippen LogP contribution in [0.25, 0.3) is 11.0 Å². The van der Waals surface area contributed by atoms with Gasteiger partial charge >= 0.3 is 0 Å². The van der Waals surface area contributed by atoms with Crippen molar-refractivity contribution in [1.82, 2.24) is 50.2 Å². The summed E-state index contributed by atoms with van der Waals surface area (Å²) in [4.78, 5) is 25.8. The Bertz CT molecular complexity index is 1180. The Morgan fingerprint density at radius 3 is 2.70 bits per heavy atom. The number of piperazine rings is 1. The first-order valence-electron chi connectivity index (χ1n) is 10.9. The van der Waals surface area contributed by atoms with Crippen LogP contribution >= 0.6 is 0 Å². The molecule has 12 nitrogen and oxygen atoms in total. The quantitative estimate of drug-likeness (QED) is 0.396. The second kappa shape index (κ2) is 9.69. The molecule has 0 atom stereocenters. The number of benzene rings is 1. The summed E-state index contributed by atoms with van der Waals surface area (Å²) in [6.07, 6.45) is 4.80. The van der Waals surface area contributed by atoms with E-state index in [9.17, 15) is 4.79 Å². The van der Waals surface area contributed by atoms with Gasteiger partial charge in [-0.1, -0.05) is 30.3 Å². The minimum Gasteiger partial charge on any atom is -0.353 e. The first-order chi connectivity index (χ1) is 16.3. The summed E-state index contributed by atoms with van der Waals surface area (Å²) in [5, 5.41) is 19.0. The van der Waals surface area contributed by atoms with E-state index < -0.39 is 0 Å². The lowest BCUT2D eigenvalue weighted by atomic mass is 10.2. The predicted molar refractivity (Wildman–Crippen MR) is 120 cm³/mol. The zero-order chi connectivity index (χ0) is 22.5. The van der Waals surface area contributed by atoms with Gasteiger partial charge in [0.25, 0.3) is 0 Å². The molecule has 1 aliphatic heterocycles. The van der Waals surface area contributed by atoms with Crippen molar-refractivity contribution >= 4 is 22.8 Å². The molecule has 5 rings (SSSR count). The molecule has 1 saturated heterocycles. The van der Waals surface area contributed by atoms with Gasteiger partial charge in [-0.3, -0.25) is 9.69 Å². The number of amides is 1. The molecule has 12 heteroatoms. The average molecular weight is 448 g/mol. The summed E-state index contributed by atoms with van der Waals surface area (Å²) in [7, 11) is 0. The van der Waals surface area contributed by atoms with Gasteiger partial charge in [0.2, 0.25) is 5.91 Å². The number of anilines is 1. The van der Waals surface area contributed by atoms with Gasteiger partial charge in [-0.05, 0) is 16.0 Å². The number of carbonyl (C=O) groups is 1. The maximum atomic E-state index is 12.0. The molecule has 1 aromatic carbocycles. The molecule has 33 heavy (non-hydrogen) atoms. The van der Waals surface area contributed by atoms with Gasteiger partial charge in [0.1, 0.15) is 25.0 Å². The summed E-state index contributed by atoms with van der Waals surface area (Å²) in [5.74, 6) is 0.746. The molecular formula is C21H25N11O. The predicted octanol–water partition coefficient (Wildman–Crippen LogP) is -0.0486. The lowest BCUT2D eigenvalue weighted by Crippen LogP contribution is -2.46. The molecule has 0 bridgehead atoms. The Balaban J connectivity index is 1.18. The van der Waals surface area contributed by atoms with Gasteiger partial charge in [-0.2, -0.15) is 5.10 Å². The number of fused-ring (bicyclic) bond motifs is 1. The number of nitrogens with zero attached hydrogens (tertiary/aromatic N) is 10. The van der Waals surface area contributed by atoms with Crippen LogP contribution < -0.4 is 10.2 Å². The van der Waals surface area contributed by atoms with Gasteiger partial charge in [0.05, 0.1) is 18.1 Å². The molecular weight excluding hydrogens is 422 g/mol. The molecule has 1 amide bonds. The lowest BCUT2D eigenvalue weighted by Gasteiger charge is -2.35. The molecule has 4 aromatic rings. The van der Waals surface area contributed by atoms with E-state index in [1.54, 1.807) is 11.0 Å². The van der Waals surface area contributed by atoms with Crippen molar-refractivity contribution in [1.29, 1.82) is 0 Å². The van der Waals surface area contributed by atoms with E-state index >= 15 is 0 Å². The number of hydrogen-bond donors (Lipinski definition) is 1. The average Bonchev–Trinajstić information content (AvgIpc) is 3.50. The highest BCUT2D eigenvalue weighted by molar-refractivity contribution is 5.86. The second-order valence-electron chi connectivity index (χ2n) is 7.91. The van der Waals surface area contributed by atoms with Crippen LogP contribution in [0.4, 0.5) is 5.82 Å². The molecule has 3 aromatic heterocycles. The molecule has 4 heterocycles. The first-order valence-corrected chi connectivity index (χ1v) is 10.9. The van der Waals surface area contributed by atoms with Gasteiger partial charge in [0, 0.05) is 39.3 Å². The van der Waals surface area contributed by atoms with E-state index in [4.69, 9.17) is 0 Å². The lowest BCUT2D eigenvalue weighted by molar-refractivity contribution is -0.121. The number of aromatic nitrogens is 8. The fraction of sp³-hybridized carbons (Fsp3) is 0.381. The summed E-state index contributed by atoms with van der Waals surface area (Å²) < 4.78 is 3.17. The van der Waals surface area contributed by atoms with E-state index in [-0.39, 0.29) is 12.5 Å². The van der Waals surface area contributed by atoms with Gasteiger partial charge in [-0.15, -0.1) is 5.10 Å². The van der Waals surface area contributed by atoms with Crippen molar-refractivity contribution in [2.24, 2.45) is 0 Å². The highest BCUT2D eigenvalue weighted by Crippen LogP contribution is 2.24. The first kappa shape index (κ1) is 20.9. The fourth-order valence-electron chi connectivity index (χ4n) is 4.01. The number of rotatable bonds is 8. The molecule has 0 unspecified atom stereocenters. The van der Waals surface area contributed by atoms with Gasteiger partial charge in [0.15, 0.2) is 5.65 Å². The van der Waals surface area contributed by atoms with Crippen LogP contribution in [-0.4, -0.2) is 83.5 Å². The fourth-order valence-corrected chi connectivity index (χ4v) is 4.01. The van der Waals surface area contributed by atoms with Crippen molar-refractivity contribution < 1.29 is 4.79 Å². The third-order valence-corrected chi connectivity index (χ3v) is 5.68. The summed E-state index contributed by atoms with van der Waals surface area (Å²) >= 11 is 0. The van der Waals surface area contributed by atoms with Crippen molar-refractivity contribution in [2.75, 3.05) is 37.6 Å². The maximum Gasteiger partial charge on any atom is 0.241 e. The standard InChI is InChI=1S/C21H25N11O/c33-19(14-31-16-25-27-28-31)22-6-7-32-21-18(12-26-32)20(23-15-24-21)30-10-8-29(9-11-30)13-17-4-2-1-3-5-17/h1-5,12,15-16H,6-11,13-14H2,(H,22,33). The van der Waals surface area contributed by atoms with Crippen LogP contribution in [0.1, 0.15) is 5.56 Å². The minimum absolute atomic E-state index is 0.0788. The summed E-state index contributed by atoms with van der Waals surface area (Å²) in [5.41, 5.74) is 2.10. The maximum absolute atomic E-state index is 12.0. The Morgan fingerprint density at radius 2 is 1.91 bits per heavy atom. The minimum atomic E-state index is -0.164. The van der Waals surface area contributed by atoms with Crippen LogP contribution in [0, 0.1) is 0 Å². The molecule has 170 valence electrons. The van der Waals surface area contributed by atoms with Crippen LogP contribution in [0.3, 0.4) is 0 Å². The van der Waals surface area contributed by atoms with Gasteiger partial charge < -0.3 is 10.2 Å². The number of hydrogen-bond acceptors (Lipinski definition) is 9.